The van der Waals surface area contributed by atoms with Crippen molar-refractivity contribution in [2.24, 2.45) is 0 Å². The summed E-state index contributed by atoms with van der Waals surface area (Å²) in [5.74, 6) is -1.94. The third kappa shape index (κ3) is 1.30. The maximum absolute atomic E-state index is 12.8. The SMILES string of the molecule is O=C1C(Cl)=C(Cl)C(=O)C2(Cl)[C@H]3c4cccc5cccc(c45)[C@H]3C12Cl. The molecule has 24 heavy (non-hydrogen) atoms. The first-order valence-electron chi connectivity index (χ1n) is 7.39. The highest BCUT2D eigenvalue weighted by Crippen LogP contribution is 2.75. The monoisotopic (exact) mass is 396 g/mol. The summed E-state index contributed by atoms with van der Waals surface area (Å²) in [7, 11) is 0. The lowest BCUT2D eigenvalue weighted by atomic mass is 9.50. The molecule has 0 N–H and O–H groups in total. The number of carbonyl (C=O) groups excluding carboxylic acids is 2. The number of ketones is 2. The standard InChI is InChI=1S/C18H8Cl4O2/c19-13-14(20)16(24)18(22)12-9-6-2-4-7-3-1-5-8(10(7)9)11(12)17(18,21)15(13)23/h1-6,11-12H/t11-,12+,17?,18?. The summed E-state index contributed by atoms with van der Waals surface area (Å²) >= 11 is 25.5. The zero-order chi connectivity index (χ0) is 17.0. The van der Waals surface area contributed by atoms with Crippen LogP contribution in [0.5, 0.6) is 0 Å². The fraction of sp³-hybridized carbons (Fsp3) is 0.222. The minimum atomic E-state index is -1.61. The van der Waals surface area contributed by atoms with Crippen LogP contribution in [0.3, 0.4) is 0 Å². The normalized spacial score (nSPS) is 36.7. The van der Waals surface area contributed by atoms with Gasteiger partial charge in [-0.25, -0.2) is 0 Å². The Balaban J connectivity index is 1.88. The van der Waals surface area contributed by atoms with Gasteiger partial charge in [0.15, 0.2) is 11.6 Å². The van der Waals surface area contributed by atoms with Gasteiger partial charge in [-0.15, -0.1) is 23.2 Å². The second-order valence-corrected chi connectivity index (χ2v) is 8.41. The van der Waals surface area contributed by atoms with E-state index in [0.29, 0.717) is 0 Å². The van der Waals surface area contributed by atoms with Crippen molar-refractivity contribution < 1.29 is 9.59 Å². The minimum absolute atomic E-state index is 0.325. The number of fused-ring (bicyclic) bond motifs is 6. The van der Waals surface area contributed by atoms with E-state index in [1.54, 1.807) is 0 Å². The summed E-state index contributed by atoms with van der Waals surface area (Å²) in [6, 6.07) is 11.7. The van der Waals surface area contributed by atoms with Crippen LogP contribution < -0.4 is 0 Å². The number of Topliss-reactive ketones (excluding diaryl/α,β-unsaturated/α-hetero) is 2. The van der Waals surface area contributed by atoms with E-state index in [0.717, 1.165) is 21.9 Å². The number of allylic oxidation sites excluding steroid dienone is 2. The van der Waals surface area contributed by atoms with Crippen molar-refractivity contribution in [2.45, 2.75) is 21.6 Å². The smallest absolute Gasteiger partial charge is 0.199 e. The van der Waals surface area contributed by atoms with E-state index < -0.39 is 33.2 Å². The predicted molar refractivity (Wildman–Crippen MR) is 95.3 cm³/mol. The Hall–Kier alpha value is -1.06. The molecule has 2 unspecified atom stereocenters. The van der Waals surface area contributed by atoms with Crippen LogP contribution in [0, 0.1) is 0 Å². The Bertz CT molecular complexity index is 950. The van der Waals surface area contributed by atoms with Gasteiger partial charge in [0.25, 0.3) is 0 Å². The second kappa shape index (κ2) is 4.37. The molecular formula is C18H8Cl4O2. The topological polar surface area (TPSA) is 34.1 Å². The quantitative estimate of drug-likeness (QED) is 0.596. The van der Waals surface area contributed by atoms with E-state index in [1.807, 2.05) is 36.4 Å². The van der Waals surface area contributed by atoms with Gasteiger partial charge in [-0.1, -0.05) is 59.6 Å². The lowest BCUT2D eigenvalue weighted by molar-refractivity contribution is -0.133. The molecule has 6 heteroatoms. The molecule has 0 aromatic heterocycles. The molecule has 0 heterocycles. The molecule has 0 aliphatic heterocycles. The molecule has 2 aromatic carbocycles. The third-order valence-corrected chi connectivity index (χ3v) is 7.94. The van der Waals surface area contributed by atoms with E-state index in [4.69, 9.17) is 46.4 Å². The molecule has 3 aliphatic rings. The maximum Gasteiger partial charge on any atom is 0.199 e. The summed E-state index contributed by atoms with van der Waals surface area (Å²) in [4.78, 5) is 22.5. The van der Waals surface area contributed by atoms with Gasteiger partial charge < -0.3 is 0 Å². The van der Waals surface area contributed by atoms with Gasteiger partial charge in [0.1, 0.15) is 19.8 Å². The molecule has 0 saturated heterocycles. The predicted octanol–water partition coefficient (Wildman–Crippen LogP) is 4.83. The minimum Gasteiger partial charge on any atom is -0.291 e. The molecular weight excluding hydrogens is 390 g/mol. The zero-order valence-electron chi connectivity index (χ0n) is 11.9. The lowest BCUT2D eigenvalue weighted by Crippen LogP contribution is -2.74. The molecule has 0 radical (unpaired) electrons. The Kier molecular flexibility index (Phi) is 2.77. The fourth-order valence-corrected chi connectivity index (χ4v) is 6.30. The molecule has 0 amide bonds. The van der Waals surface area contributed by atoms with Crippen LogP contribution >= 0.6 is 46.4 Å². The highest BCUT2D eigenvalue weighted by Gasteiger charge is 2.81. The van der Waals surface area contributed by atoms with Crippen LogP contribution in [-0.4, -0.2) is 21.3 Å². The molecule has 1 saturated carbocycles. The fourth-order valence-electron chi connectivity index (χ4n) is 4.65. The molecule has 4 atom stereocenters. The Morgan fingerprint density at radius 2 is 1.17 bits per heavy atom. The van der Waals surface area contributed by atoms with Gasteiger partial charge in [-0.3, -0.25) is 9.59 Å². The van der Waals surface area contributed by atoms with Gasteiger partial charge in [0.2, 0.25) is 0 Å². The molecule has 0 spiro atoms. The van der Waals surface area contributed by atoms with Crippen molar-refractivity contribution >= 4 is 68.7 Å². The lowest BCUT2D eigenvalue weighted by Gasteiger charge is -2.60. The maximum atomic E-state index is 12.8. The van der Waals surface area contributed by atoms with Crippen LogP contribution in [0.2, 0.25) is 0 Å². The van der Waals surface area contributed by atoms with Gasteiger partial charge >= 0.3 is 0 Å². The molecule has 5 rings (SSSR count). The molecule has 120 valence electrons. The van der Waals surface area contributed by atoms with Gasteiger partial charge in [0, 0.05) is 11.8 Å². The molecule has 2 aromatic rings. The number of rotatable bonds is 0. The van der Waals surface area contributed by atoms with Crippen molar-refractivity contribution in [3.8, 4) is 0 Å². The van der Waals surface area contributed by atoms with Crippen molar-refractivity contribution in [3.63, 3.8) is 0 Å². The number of halogens is 4. The Morgan fingerprint density at radius 1 is 0.750 bits per heavy atom. The van der Waals surface area contributed by atoms with E-state index in [2.05, 4.69) is 0 Å². The van der Waals surface area contributed by atoms with Gasteiger partial charge in [-0.2, -0.15) is 0 Å². The Labute approximate surface area is 157 Å². The number of carbonyl (C=O) groups is 2. The summed E-state index contributed by atoms with van der Waals surface area (Å²) < 4.78 is 0. The van der Waals surface area contributed by atoms with Crippen LogP contribution in [-0.2, 0) is 9.59 Å². The van der Waals surface area contributed by atoms with Crippen molar-refractivity contribution in [3.05, 3.63) is 57.6 Å². The van der Waals surface area contributed by atoms with E-state index in [9.17, 15) is 9.59 Å². The molecule has 1 fully saturated rings. The van der Waals surface area contributed by atoms with Crippen LogP contribution in [0.15, 0.2) is 46.5 Å². The van der Waals surface area contributed by atoms with Crippen molar-refractivity contribution in [1.29, 1.82) is 0 Å². The highest BCUT2D eigenvalue weighted by atomic mass is 35.5. The molecule has 0 bridgehead atoms. The highest BCUT2D eigenvalue weighted by molar-refractivity contribution is 6.67. The van der Waals surface area contributed by atoms with Crippen LogP contribution in [0.4, 0.5) is 0 Å². The zero-order valence-corrected chi connectivity index (χ0v) is 15.0. The first kappa shape index (κ1) is 15.2. The first-order valence-corrected chi connectivity index (χ1v) is 8.90. The summed E-state index contributed by atoms with van der Waals surface area (Å²) in [5, 5.41) is 1.39. The van der Waals surface area contributed by atoms with Gasteiger partial charge in [0.05, 0.1) is 0 Å². The van der Waals surface area contributed by atoms with E-state index in [-0.39, 0.29) is 10.1 Å². The number of alkyl halides is 2. The number of hydrogen-bond acceptors (Lipinski definition) is 2. The van der Waals surface area contributed by atoms with Crippen molar-refractivity contribution in [1.82, 2.24) is 0 Å². The van der Waals surface area contributed by atoms with Gasteiger partial charge in [-0.05, 0) is 21.9 Å². The van der Waals surface area contributed by atoms with Crippen LogP contribution in [0.25, 0.3) is 10.8 Å². The third-order valence-electron chi connectivity index (χ3n) is 5.61. The number of hydrogen-bond donors (Lipinski definition) is 0. The average molecular weight is 398 g/mol. The Morgan fingerprint density at radius 3 is 1.58 bits per heavy atom. The first-order chi connectivity index (χ1) is 11.3. The molecule has 3 aliphatic carbocycles. The van der Waals surface area contributed by atoms with E-state index in [1.165, 1.54) is 0 Å². The number of benzene rings is 2. The molecule has 2 nitrogen and oxygen atoms in total. The van der Waals surface area contributed by atoms with E-state index >= 15 is 0 Å². The summed E-state index contributed by atoms with van der Waals surface area (Å²) in [6.45, 7) is 0. The summed E-state index contributed by atoms with van der Waals surface area (Å²) in [5.41, 5.74) is 1.87. The largest absolute Gasteiger partial charge is 0.291 e. The summed E-state index contributed by atoms with van der Waals surface area (Å²) in [6.07, 6.45) is 0. The van der Waals surface area contributed by atoms with Crippen molar-refractivity contribution in [2.75, 3.05) is 0 Å². The second-order valence-electron chi connectivity index (χ2n) is 6.46. The average Bonchev–Trinajstić information content (AvgIpc) is 2.92. The van der Waals surface area contributed by atoms with Crippen LogP contribution in [0.1, 0.15) is 23.0 Å².